The number of methoxy groups -OCH3 is 1. The molecule has 9 atom stereocenters. The van der Waals surface area contributed by atoms with Crippen molar-refractivity contribution in [2.24, 2.45) is 28.8 Å². The highest BCUT2D eigenvalue weighted by atomic mass is 16.7. The van der Waals surface area contributed by atoms with Crippen LogP contribution in [0, 0.1) is 30.6 Å². The Kier molecular flexibility index (Phi) is 14.6. The number of likely N-dealkylation sites (N-methyl/N-ethyl adjacent to an activating group) is 1. The number of fused-ring (bicyclic) bond motifs is 14. The number of piperazine rings is 1. The number of hydrogen-bond donors (Lipinski definition) is 6. The highest BCUT2D eigenvalue weighted by Gasteiger charge is 2.50. The Hall–Kier alpha value is -5.45. The summed E-state index contributed by atoms with van der Waals surface area (Å²) >= 11 is 0. The van der Waals surface area contributed by atoms with E-state index >= 15 is 0 Å². The number of nitrogens with zero attached hydrogens (tertiary/aromatic N) is 3. The summed E-state index contributed by atoms with van der Waals surface area (Å²) < 4.78 is 24.8. The molecule has 1 amide bonds. The zero-order valence-electron chi connectivity index (χ0n) is 37.5. The molecule has 340 valence electrons. The predicted octanol–water partition coefficient (Wildman–Crippen LogP) is 5.99. The first-order valence-electron chi connectivity index (χ1n) is 21.4. The standard InChI is InChI=1S/C48H62N4O11/c1-26-14-13-15-27(2)47(59)50-38-33(24-49-52-21-19-51(8)20-22-52)42(56)35-36(43(38)57)41(55)31(6)45-37(35)46(58)48(7,63-45)62-23-18-34(60-9)28(3)44(30(5)40(54)29(4)39(26)53)61-25-32-16-11-10-12-17-32/h10-18,23-24,26,28-30,34,39-40,44,53-57H,19-22,25H2,1-9H3,(H,50,59)/b14-13-,23-18-,27-15-,49-24?/t26-,28+,29+,30+,34-,39-,40+,44+,48-/m0/s1. The Morgan fingerprint density at radius 1 is 0.905 bits per heavy atom. The second kappa shape index (κ2) is 19.5. The fourth-order valence-corrected chi connectivity index (χ4v) is 8.59. The van der Waals surface area contributed by atoms with Crippen molar-refractivity contribution in [1.29, 1.82) is 0 Å². The van der Waals surface area contributed by atoms with Crippen molar-refractivity contribution in [3.05, 3.63) is 88.7 Å². The molecule has 4 aliphatic heterocycles. The average molecular weight is 871 g/mol. The van der Waals surface area contributed by atoms with Gasteiger partial charge in [-0.15, -0.1) is 0 Å². The van der Waals surface area contributed by atoms with Crippen LogP contribution in [0.1, 0.15) is 68.6 Å². The molecule has 0 aromatic heterocycles. The highest BCUT2D eigenvalue weighted by molar-refractivity contribution is 6.23. The van der Waals surface area contributed by atoms with Gasteiger partial charge in [-0.2, -0.15) is 5.10 Å². The van der Waals surface area contributed by atoms with E-state index < -0.39 is 82.8 Å². The van der Waals surface area contributed by atoms with Gasteiger partial charge in [-0.05, 0) is 32.5 Å². The third-order valence-electron chi connectivity index (χ3n) is 12.8. The minimum atomic E-state index is -2.01. The third kappa shape index (κ3) is 9.58. The minimum Gasteiger partial charge on any atom is -0.507 e. The molecule has 0 unspecified atom stereocenters. The smallest absolute Gasteiger partial charge is 0.312 e. The van der Waals surface area contributed by atoms with E-state index in [4.69, 9.17) is 18.9 Å². The minimum absolute atomic E-state index is 0.0650. The molecule has 3 aromatic carbocycles. The summed E-state index contributed by atoms with van der Waals surface area (Å²) in [5.74, 6) is -7.08. The van der Waals surface area contributed by atoms with E-state index in [9.17, 15) is 35.1 Å². The number of benzene rings is 3. The molecule has 0 saturated carbocycles. The number of aliphatic hydroxyl groups is 2. The lowest BCUT2D eigenvalue weighted by atomic mass is 9.78. The molecule has 6 N–H and O–H groups in total. The quantitative estimate of drug-likeness (QED) is 0.0960. The number of ketones is 1. The first-order chi connectivity index (χ1) is 29.9. The van der Waals surface area contributed by atoms with Crippen LogP contribution in [0.5, 0.6) is 23.0 Å². The van der Waals surface area contributed by atoms with Crippen LogP contribution in [0.2, 0.25) is 0 Å². The van der Waals surface area contributed by atoms with Crippen LogP contribution in [-0.2, 0) is 25.6 Å². The van der Waals surface area contributed by atoms with Crippen LogP contribution < -0.4 is 10.1 Å². The van der Waals surface area contributed by atoms with Gasteiger partial charge in [0.25, 0.3) is 11.7 Å². The van der Waals surface area contributed by atoms with Gasteiger partial charge in [0.15, 0.2) is 5.75 Å². The lowest BCUT2D eigenvalue weighted by molar-refractivity contribution is -0.113. The number of aliphatic hydroxyl groups excluding tert-OH is 2. The summed E-state index contributed by atoms with van der Waals surface area (Å²) in [5.41, 5.74) is 0.700. The van der Waals surface area contributed by atoms with Gasteiger partial charge in [-0.25, -0.2) is 0 Å². The molecule has 5 bridgehead atoms. The van der Waals surface area contributed by atoms with Gasteiger partial charge in [-0.1, -0.05) is 76.3 Å². The van der Waals surface area contributed by atoms with Crippen molar-refractivity contribution in [1.82, 2.24) is 9.91 Å². The number of hydrogen-bond acceptors (Lipinski definition) is 14. The first kappa shape index (κ1) is 47.0. The Balaban J connectivity index is 1.48. The second-order valence-corrected chi connectivity index (χ2v) is 17.3. The molecule has 3 aromatic rings. The zero-order valence-corrected chi connectivity index (χ0v) is 37.5. The van der Waals surface area contributed by atoms with Crippen molar-refractivity contribution >= 4 is 34.4 Å². The number of phenols is 3. The number of nitrogens with one attached hydrogen (secondary N) is 1. The number of allylic oxidation sites excluding steroid dienone is 2. The van der Waals surface area contributed by atoms with Gasteiger partial charge in [-0.3, -0.25) is 14.6 Å². The monoisotopic (exact) mass is 870 g/mol. The fraction of sp³-hybridized carbons (Fsp3) is 0.479. The number of Topliss-reactive ketones (excluding diaryl/α,β-unsaturated/α-hetero) is 1. The molecule has 1 saturated heterocycles. The number of ether oxygens (including phenoxy) is 4. The topological polar surface area (TPSA) is 203 Å². The highest BCUT2D eigenvalue weighted by Crippen LogP contribution is 2.55. The number of phenolic OH excluding ortho intramolecular Hbond substituents is 3. The Bertz CT molecular complexity index is 2290. The molecule has 1 fully saturated rings. The molecule has 4 heterocycles. The van der Waals surface area contributed by atoms with Gasteiger partial charge < -0.3 is 54.7 Å². The SMILES string of the molecule is CO[C@H]1/C=C\O[C@@]2(C)Oc3c(C)c(O)c4c(O)c(c(C=NN5CCN(C)CC5)c(O)c4c3C2=O)NC(=O)/C(C)=C\C=C/[C@H](C)[C@H](O)[C@@H](C)[C@@H](O)[C@@H](C)[C@H](OCc2ccccc2)[C@@H]1C. The predicted molar refractivity (Wildman–Crippen MR) is 240 cm³/mol. The molecular weight excluding hydrogens is 809 g/mol. The Labute approximate surface area is 368 Å². The maximum absolute atomic E-state index is 14.6. The van der Waals surface area contributed by atoms with Gasteiger partial charge in [0.1, 0.15) is 17.2 Å². The summed E-state index contributed by atoms with van der Waals surface area (Å²) in [6.45, 7) is 14.7. The Morgan fingerprint density at radius 2 is 1.59 bits per heavy atom. The maximum atomic E-state index is 14.6. The van der Waals surface area contributed by atoms with Gasteiger partial charge >= 0.3 is 5.79 Å². The number of carbonyl (C=O) groups excluding carboxylic acids is 2. The van der Waals surface area contributed by atoms with E-state index in [2.05, 4.69) is 15.3 Å². The van der Waals surface area contributed by atoms with Crippen molar-refractivity contribution in [2.45, 2.75) is 85.3 Å². The molecule has 63 heavy (non-hydrogen) atoms. The summed E-state index contributed by atoms with van der Waals surface area (Å²) in [5, 5.41) is 67.7. The van der Waals surface area contributed by atoms with E-state index in [1.54, 1.807) is 37.1 Å². The molecule has 15 nitrogen and oxygen atoms in total. The number of amides is 1. The number of aromatic hydroxyl groups is 3. The van der Waals surface area contributed by atoms with Crippen LogP contribution >= 0.6 is 0 Å². The molecule has 0 spiro atoms. The van der Waals surface area contributed by atoms with E-state index in [1.165, 1.54) is 39.5 Å². The van der Waals surface area contributed by atoms with Gasteiger partial charge in [0, 0.05) is 80.4 Å². The van der Waals surface area contributed by atoms with E-state index in [0.717, 1.165) is 18.7 Å². The lowest BCUT2D eigenvalue weighted by Crippen LogP contribution is -2.46. The molecule has 7 rings (SSSR count). The summed E-state index contributed by atoms with van der Waals surface area (Å²) in [6.07, 6.45) is 5.81. The molecule has 4 aliphatic rings. The fourth-order valence-electron chi connectivity index (χ4n) is 8.59. The molecular formula is C48H62N4O11. The molecule has 0 aliphatic carbocycles. The summed E-state index contributed by atoms with van der Waals surface area (Å²) in [7, 11) is 3.52. The lowest BCUT2D eigenvalue weighted by Gasteiger charge is -2.38. The zero-order chi connectivity index (χ0) is 45.9. The van der Waals surface area contributed by atoms with Crippen LogP contribution in [-0.4, -0.2) is 124 Å². The van der Waals surface area contributed by atoms with Crippen LogP contribution in [0.4, 0.5) is 5.69 Å². The first-order valence-corrected chi connectivity index (χ1v) is 21.4. The van der Waals surface area contributed by atoms with E-state index in [1.807, 2.05) is 58.2 Å². The Morgan fingerprint density at radius 3 is 2.25 bits per heavy atom. The van der Waals surface area contributed by atoms with E-state index in [0.29, 0.717) is 13.1 Å². The average Bonchev–Trinajstić information content (AvgIpc) is 3.53. The summed E-state index contributed by atoms with van der Waals surface area (Å²) in [6, 6.07) is 9.63. The second-order valence-electron chi connectivity index (χ2n) is 17.3. The molecule has 15 heteroatoms. The van der Waals surface area contributed by atoms with Crippen LogP contribution in [0.15, 0.2) is 71.6 Å². The van der Waals surface area contributed by atoms with Crippen molar-refractivity contribution in [3.63, 3.8) is 0 Å². The largest absolute Gasteiger partial charge is 0.507 e. The van der Waals surface area contributed by atoms with Gasteiger partial charge in [0.2, 0.25) is 0 Å². The number of anilines is 1. The van der Waals surface area contributed by atoms with Crippen LogP contribution in [0.3, 0.4) is 0 Å². The van der Waals surface area contributed by atoms with Crippen molar-refractivity contribution in [3.8, 4) is 23.0 Å². The maximum Gasteiger partial charge on any atom is 0.312 e. The van der Waals surface area contributed by atoms with Crippen molar-refractivity contribution in [2.75, 3.05) is 45.7 Å². The third-order valence-corrected chi connectivity index (χ3v) is 12.8. The van der Waals surface area contributed by atoms with E-state index in [-0.39, 0.29) is 51.1 Å². The number of rotatable bonds is 6. The van der Waals surface area contributed by atoms with Crippen LogP contribution in [0.25, 0.3) is 10.8 Å². The number of carbonyl (C=O) groups is 2. The van der Waals surface area contributed by atoms with Crippen molar-refractivity contribution < 1.29 is 54.1 Å². The molecule has 0 radical (unpaired) electrons. The van der Waals surface area contributed by atoms with Gasteiger partial charge in [0.05, 0.1) is 65.7 Å². The normalized spacial score (nSPS) is 30.8. The summed E-state index contributed by atoms with van der Waals surface area (Å²) in [4.78, 5) is 30.5. The number of hydrazone groups is 1.